The average molecular weight is 298 g/mol. The molecule has 0 aromatic rings. The summed E-state index contributed by atoms with van der Waals surface area (Å²) in [6.45, 7) is 2.18. The standard InChI is InChI=1S/C17H30O4/c1-2-3-4-5-6-7-10-15(18)13-14-16(19)11-8-9-12-17(20)21/h2-14H2,1H3,(H,20,21). The Hall–Kier alpha value is -1.19. The Labute approximate surface area is 128 Å². The Kier molecular flexibility index (Phi) is 13.0. The predicted octanol–water partition coefficient (Wildman–Crippen LogP) is 4.30. The summed E-state index contributed by atoms with van der Waals surface area (Å²) in [6.07, 6.45) is 9.92. The van der Waals surface area contributed by atoms with Gasteiger partial charge in [-0.15, -0.1) is 0 Å². The molecule has 0 saturated heterocycles. The van der Waals surface area contributed by atoms with Crippen molar-refractivity contribution in [1.29, 1.82) is 0 Å². The highest BCUT2D eigenvalue weighted by Gasteiger charge is 2.07. The van der Waals surface area contributed by atoms with Crippen LogP contribution in [0.3, 0.4) is 0 Å². The van der Waals surface area contributed by atoms with Crippen LogP contribution in [0.25, 0.3) is 0 Å². The average Bonchev–Trinajstić information content (AvgIpc) is 2.45. The number of carboxylic acids is 1. The zero-order valence-corrected chi connectivity index (χ0v) is 13.4. The number of carboxylic acid groups (broad SMARTS) is 1. The zero-order chi connectivity index (χ0) is 15.9. The van der Waals surface area contributed by atoms with Gasteiger partial charge in [-0.05, 0) is 19.3 Å². The third kappa shape index (κ3) is 15.0. The maximum absolute atomic E-state index is 11.6. The Balaban J connectivity index is 3.42. The van der Waals surface area contributed by atoms with Crippen LogP contribution in [0.4, 0.5) is 0 Å². The third-order valence-electron chi connectivity index (χ3n) is 3.59. The lowest BCUT2D eigenvalue weighted by molar-refractivity contribution is -0.137. The van der Waals surface area contributed by atoms with Gasteiger partial charge in [-0.25, -0.2) is 0 Å². The molecular weight excluding hydrogens is 268 g/mol. The number of unbranched alkanes of at least 4 members (excludes halogenated alkanes) is 6. The van der Waals surface area contributed by atoms with E-state index in [-0.39, 0.29) is 18.0 Å². The number of Topliss-reactive ketones (excluding diaryl/α,β-unsaturated/α-hetero) is 2. The zero-order valence-electron chi connectivity index (χ0n) is 13.4. The Morgan fingerprint density at radius 1 is 0.619 bits per heavy atom. The predicted molar refractivity (Wildman–Crippen MR) is 83.3 cm³/mol. The molecule has 0 atom stereocenters. The van der Waals surface area contributed by atoms with E-state index in [1.807, 2.05) is 0 Å². The lowest BCUT2D eigenvalue weighted by atomic mass is 10.0. The summed E-state index contributed by atoms with van der Waals surface area (Å²) < 4.78 is 0. The molecule has 0 saturated carbocycles. The van der Waals surface area contributed by atoms with E-state index in [0.717, 1.165) is 12.8 Å². The van der Waals surface area contributed by atoms with E-state index in [1.54, 1.807) is 0 Å². The van der Waals surface area contributed by atoms with E-state index in [4.69, 9.17) is 5.11 Å². The van der Waals surface area contributed by atoms with Crippen molar-refractivity contribution in [3.63, 3.8) is 0 Å². The Morgan fingerprint density at radius 3 is 1.57 bits per heavy atom. The topological polar surface area (TPSA) is 71.4 Å². The molecule has 0 aromatic heterocycles. The van der Waals surface area contributed by atoms with Gasteiger partial charge < -0.3 is 5.11 Å². The Morgan fingerprint density at radius 2 is 1.05 bits per heavy atom. The van der Waals surface area contributed by atoms with Gasteiger partial charge in [0.15, 0.2) is 0 Å². The minimum absolute atomic E-state index is 0.0803. The van der Waals surface area contributed by atoms with Crippen LogP contribution in [0.15, 0.2) is 0 Å². The molecule has 0 radical (unpaired) electrons. The second kappa shape index (κ2) is 13.8. The first-order chi connectivity index (χ1) is 10.1. The van der Waals surface area contributed by atoms with Crippen LogP contribution in [-0.4, -0.2) is 22.6 Å². The van der Waals surface area contributed by atoms with Crippen LogP contribution in [-0.2, 0) is 14.4 Å². The first kappa shape index (κ1) is 19.8. The van der Waals surface area contributed by atoms with Gasteiger partial charge in [-0.1, -0.05) is 39.0 Å². The minimum Gasteiger partial charge on any atom is -0.481 e. The van der Waals surface area contributed by atoms with Crippen molar-refractivity contribution < 1.29 is 19.5 Å². The lowest BCUT2D eigenvalue weighted by Crippen LogP contribution is -2.04. The van der Waals surface area contributed by atoms with Crippen LogP contribution in [0.1, 0.15) is 90.4 Å². The summed E-state index contributed by atoms with van der Waals surface area (Å²) >= 11 is 0. The molecule has 1 N–H and O–H groups in total. The highest BCUT2D eigenvalue weighted by atomic mass is 16.4. The van der Waals surface area contributed by atoms with Gasteiger partial charge in [0.05, 0.1) is 0 Å². The molecule has 0 heterocycles. The lowest BCUT2D eigenvalue weighted by Gasteiger charge is -2.02. The molecule has 0 unspecified atom stereocenters. The van der Waals surface area contributed by atoms with E-state index in [1.165, 1.54) is 25.7 Å². The minimum atomic E-state index is -0.823. The largest absolute Gasteiger partial charge is 0.481 e. The molecule has 0 fully saturated rings. The first-order valence-electron chi connectivity index (χ1n) is 8.31. The normalized spacial score (nSPS) is 10.5. The van der Waals surface area contributed by atoms with Crippen LogP contribution in [0.2, 0.25) is 0 Å². The highest BCUT2D eigenvalue weighted by Crippen LogP contribution is 2.10. The van der Waals surface area contributed by atoms with Crippen molar-refractivity contribution in [3.8, 4) is 0 Å². The van der Waals surface area contributed by atoms with E-state index < -0.39 is 5.97 Å². The second-order valence-electron chi connectivity index (χ2n) is 5.70. The fraction of sp³-hybridized carbons (Fsp3) is 0.824. The van der Waals surface area contributed by atoms with Crippen molar-refractivity contribution in [2.24, 2.45) is 0 Å². The number of carbonyl (C=O) groups excluding carboxylic acids is 2. The smallest absolute Gasteiger partial charge is 0.303 e. The summed E-state index contributed by atoms with van der Waals surface area (Å²) in [7, 11) is 0. The summed E-state index contributed by atoms with van der Waals surface area (Å²) in [5.74, 6) is -0.558. The monoisotopic (exact) mass is 298 g/mol. The van der Waals surface area contributed by atoms with E-state index in [2.05, 4.69) is 6.92 Å². The maximum Gasteiger partial charge on any atom is 0.303 e. The molecule has 4 heteroatoms. The molecule has 122 valence electrons. The van der Waals surface area contributed by atoms with Gasteiger partial charge in [0.2, 0.25) is 0 Å². The van der Waals surface area contributed by atoms with Crippen molar-refractivity contribution in [2.45, 2.75) is 90.4 Å². The molecular formula is C17H30O4. The van der Waals surface area contributed by atoms with Crippen LogP contribution >= 0.6 is 0 Å². The van der Waals surface area contributed by atoms with Gasteiger partial charge in [0.1, 0.15) is 11.6 Å². The number of hydrogen-bond donors (Lipinski definition) is 1. The van der Waals surface area contributed by atoms with E-state index >= 15 is 0 Å². The summed E-state index contributed by atoms with van der Waals surface area (Å²) in [4.78, 5) is 33.5. The number of carbonyl (C=O) groups is 3. The molecule has 0 aliphatic heterocycles. The van der Waals surface area contributed by atoms with Crippen molar-refractivity contribution in [2.75, 3.05) is 0 Å². The SMILES string of the molecule is CCCCCCCCC(=O)CCC(=O)CCCCC(=O)O. The highest BCUT2D eigenvalue weighted by molar-refractivity contribution is 5.85. The van der Waals surface area contributed by atoms with Gasteiger partial charge in [0.25, 0.3) is 0 Å². The van der Waals surface area contributed by atoms with E-state index in [0.29, 0.717) is 38.5 Å². The molecule has 0 aromatic carbocycles. The summed E-state index contributed by atoms with van der Waals surface area (Å²) in [5, 5.41) is 8.48. The van der Waals surface area contributed by atoms with Gasteiger partial charge in [-0.3, -0.25) is 14.4 Å². The Bertz CT molecular complexity index is 310. The van der Waals surface area contributed by atoms with Gasteiger partial charge >= 0.3 is 5.97 Å². The molecule has 0 spiro atoms. The first-order valence-corrected chi connectivity index (χ1v) is 8.31. The summed E-state index contributed by atoms with van der Waals surface area (Å²) in [5.41, 5.74) is 0. The molecule has 0 bridgehead atoms. The van der Waals surface area contributed by atoms with Crippen LogP contribution in [0, 0.1) is 0 Å². The number of rotatable bonds is 15. The van der Waals surface area contributed by atoms with Crippen molar-refractivity contribution in [1.82, 2.24) is 0 Å². The van der Waals surface area contributed by atoms with Gasteiger partial charge in [0, 0.05) is 32.1 Å². The molecule has 0 amide bonds. The molecule has 0 aliphatic rings. The number of ketones is 2. The fourth-order valence-electron chi connectivity index (χ4n) is 2.23. The maximum atomic E-state index is 11.6. The summed E-state index contributed by atoms with van der Waals surface area (Å²) in [6, 6.07) is 0. The van der Waals surface area contributed by atoms with E-state index in [9.17, 15) is 14.4 Å². The molecule has 21 heavy (non-hydrogen) atoms. The van der Waals surface area contributed by atoms with Gasteiger partial charge in [-0.2, -0.15) is 0 Å². The number of aliphatic carboxylic acids is 1. The molecule has 0 aliphatic carbocycles. The molecule has 4 nitrogen and oxygen atoms in total. The number of hydrogen-bond acceptors (Lipinski definition) is 3. The quantitative estimate of drug-likeness (QED) is 0.457. The van der Waals surface area contributed by atoms with Crippen molar-refractivity contribution >= 4 is 17.5 Å². The fourth-order valence-corrected chi connectivity index (χ4v) is 2.23. The van der Waals surface area contributed by atoms with Crippen LogP contribution in [0.5, 0.6) is 0 Å². The molecule has 0 rings (SSSR count). The van der Waals surface area contributed by atoms with Crippen LogP contribution < -0.4 is 0 Å². The third-order valence-corrected chi connectivity index (χ3v) is 3.59. The second-order valence-corrected chi connectivity index (χ2v) is 5.70. The van der Waals surface area contributed by atoms with Crippen molar-refractivity contribution in [3.05, 3.63) is 0 Å².